The second-order valence-electron chi connectivity index (χ2n) is 3.78. The van der Waals surface area contributed by atoms with Crippen molar-refractivity contribution in [1.29, 1.82) is 0 Å². The lowest BCUT2D eigenvalue weighted by Crippen LogP contribution is -2.21. The fourth-order valence-corrected chi connectivity index (χ4v) is 2.07. The summed E-state index contributed by atoms with van der Waals surface area (Å²) in [5.41, 5.74) is 1.56. The van der Waals surface area contributed by atoms with Crippen molar-refractivity contribution < 1.29 is 9.53 Å². The van der Waals surface area contributed by atoms with E-state index < -0.39 is 0 Å². The summed E-state index contributed by atoms with van der Waals surface area (Å²) in [6.07, 6.45) is 3.20. The van der Waals surface area contributed by atoms with Crippen LogP contribution in [-0.4, -0.2) is 38.7 Å². The van der Waals surface area contributed by atoms with E-state index >= 15 is 0 Å². The highest BCUT2D eigenvalue weighted by Crippen LogP contribution is 2.20. The molecule has 4 heteroatoms. The van der Waals surface area contributed by atoms with Gasteiger partial charge in [-0.15, -0.1) is 0 Å². The number of para-hydroxylation sites is 1. The van der Waals surface area contributed by atoms with Crippen molar-refractivity contribution in [3.8, 4) is 0 Å². The van der Waals surface area contributed by atoms with Crippen LogP contribution in [0.1, 0.15) is 16.8 Å². The summed E-state index contributed by atoms with van der Waals surface area (Å²) in [5.74, 6) is 0.849. The first kappa shape index (κ1) is 13.9. The third kappa shape index (κ3) is 3.97. The fraction of sp³-hybridized carbons (Fsp3) is 0.462. The van der Waals surface area contributed by atoms with E-state index in [4.69, 9.17) is 4.74 Å². The highest BCUT2D eigenvalue weighted by Gasteiger charge is 2.13. The first-order valence-corrected chi connectivity index (χ1v) is 6.97. The van der Waals surface area contributed by atoms with E-state index in [0.29, 0.717) is 5.56 Å². The van der Waals surface area contributed by atoms with Crippen LogP contribution in [-0.2, 0) is 4.74 Å². The van der Waals surface area contributed by atoms with Gasteiger partial charge in [-0.3, -0.25) is 0 Å². The molecule has 0 atom stereocenters. The van der Waals surface area contributed by atoms with Gasteiger partial charge in [0.1, 0.15) is 0 Å². The molecule has 0 aliphatic heterocycles. The van der Waals surface area contributed by atoms with Crippen molar-refractivity contribution in [2.24, 2.45) is 0 Å². The Kier molecular flexibility index (Phi) is 5.91. The molecule has 0 saturated carbocycles. The number of hydrogen-bond donors (Lipinski definition) is 0. The molecule has 1 rings (SSSR count). The molecule has 0 heterocycles. The molecule has 0 N–H and O–H groups in total. The Morgan fingerprint density at radius 2 is 2.12 bits per heavy atom. The van der Waals surface area contributed by atoms with Crippen LogP contribution in [0.25, 0.3) is 0 Å². The van der Waals surface area contributed by atoms with Gasteiger partial charge in [0.05, 0.1) is 18.4 Å². The Labute approximate surface area is 107 Å². The summed E-state index contributed by atoms with van der Waals surface area (Å²) in [7, 11) is 3.41. The molecular weight excluding hydrogens is 234 g/mol. The Balaban J connectivity index is 2.78. The second-order valence-corrected chi connectivity index (χ2v) is 4.76. The molecule has 1 aromatic carbocycles. The van der Waals surface area contributed by atoms with Gasteiger partial charge in [-0.1, -0.05) is 12.1 Å². The summed E-state index contributed by atoms with van der Waals surface area (Å²) in [5, 5.41) is 0. The zero-order chi connectivity index (χ0) is 12.7. The average molecular weight is 253 g/mol. The third-order valence-electron chi connectivity index (χ3n) is 2.56. The van der Waals surface area contributed by atoms with Crippen molar-refractivity contribution in [3.05, 3.63) is 29.8 Å². The van der Waals surface area contributed by atoms with Crippen LogP contribution in [0.5, 0.6) is 0 Å². The number of benzene rings is 1. The van der Waals surface area contributed by atoms with Crippen LogP contribution < -0.4 is 4.90 Å². The lowest BCUT2D eigenvalue weighted by molar-refractivity contribution is 0.0601. The molecule has 0 unspecified atom stereocenters. The van der Waals surface area contributed by atoms with Gasteiger partial charge < -0.3 is 9.64 Å². The maximum absolute atomic E-state index is 11.6. The minimum Gasteiger partial charge on any atom is -0.465 e. The molecule has 0 spiro atoms. The lowest BCUT2D eigenvalue weighted by atomic mass is 10.1. The number of nitrogens with zero attached hydrogens (tertiary/aromatic N) is 1. The van der Waals surface area contributed by atoms with Gasteiger partial charge in [-0.25, -0.2) is 4.79 Å². The van der Waals surface area contributed by atoms with Crippen LogP contribution >= 0.6 is 11.8 Å². The van der Waals surface area contributed by atoms with Crippen LogP contribution in [0.15, 0.2) is 24.3 Å². The number of rotatable bonds is 6. The SMILES string of the molecule is COC(=O)c1ccccc1N(C)CCCSC. The minimum absolute atomic E-state index is 0.280. The maximum Gasteiger partial charge on any atom is 0.339 e. The van der Waals surface area contributed by atoms with Crippen molar-refractivity contribution in [2.45, 2.75) is 6.42 Å². The average Bonchev–Trinajstić information content (AvgIpc) is 2.38. The van der Waals surface area contributed by atoms with Gasteiger partial charge in [0.2, 0.25) is 0 Å². The zero-order valence-electron chi connectivity index (χ0n) is 10.6. The van der Waals surface area contributed by atoms with Crippen molar-refractivity contribution in [1.82, 2.24) is 0 Å². The maximum atomic E-state index is 11.6. The third-order valence-corrected chi connectivity index (χ3v) is 3.26. The molecule has 0 aliphatic carbocycles. The summed E-state index contributed by atoms with van der Waals surface area (Å²) in [6, 6.07) is 7.54. The molecule has 0 radical (unpaired) electrons. The topological polar surface area (TPSA) is 29.5 Å². The summed E-state index contributed by atoms with van der Waals surface area (Å²) in [6.45, 7) is 0.939. The molecule has 1 aromatic rings. The first-order chi connectivity index (χ1) is 8.20. The Hall–Kier alpha value is -1.16. The van der Waals surface area contributed by atoms with Gasteiger partial charge in [-0.2, -0.15) is 11.8 Å². The fourth-order valence-electron chi connectivity index (χ4n) is 1.66. The van der Waals surface area contributed by atoms with E-state index in [9.17, 15) is 4.79 Å². The molecule has 0 fully saturated rings. The molecule has 3 nitrogen and oxygen atoms in total. The zero-order valence-corrected chi connectivity index (χ0v) is 11.4. The Morgan fingerprint density at radius 3 is 2.76 bits per heavy atom. The van der Waals surface area contributed by atoms with Gasteiger partial charge >= 0.3 is 5.97 Å². The number of hydrogen-bond acceptors (Lipinski definition) is 4. The van der Waals surface area contributed by atoms with E-state index in [2.05, 4.69) is 11.2 Å². The second kappa shape index (κ2) is 7.22. The molecule has 0 saturated heterocycles. The molecular formula is C13H19NO2S. The number of methoxy groups -OCH3 is 1. The highest BCUT2D eigenvalue weighted by atomic mass is 32.2. The molecule has 0 amide bonds. The normalized spacial score (nSPS) is 10.1. The smallest absolute Gasteiger partial charge is 0.339 e. The summed E-state index contributed by atoms with van der Waals surface area (Å²) >= 11 is 1.84. The number of esters is 1. The number of anilines is 1. The van der Waals surface area contributed by atoms with Crippen molar-refractivity contribution in [3.63, 3.8) is 0 Å². The lowest BCUT2D eigenvalue weighted by Gasteiger charge is -2.21. The molecule has 94 valence electrons. The van der Waals surface area contributed by atoms with Crippen LogP contribution in [0.2, 0.25) is 0 Å². The number of thioether (sulfide) groups is 1. The van der Waals surface area contributed by atoms with Crippen LogP contribution in [0, 0.1) is 0 Å². The highest BCUT2D eigenvalue weighted by molar-refractivity contribution is 7.98. The van der Waals surface area contributed by atoms with Crippen LogP contribution in [0.4, 0.5) is 5.69 Å². The Morgan fingerprint density at radius 1 is 1.41 bits per heavy atom. The van der Waals surface area contributed by atoms with E-state index in [0.717, 1.165) is 24.4 Å². The van der Waals surface area contributed by atoms with Crippen molar-refractivity contribution in [2.75, 3.05) is 37.6 Å². The quantitative estimate of drug-likeness (QED) is 0.576. The van der Waals surface area contributed by atoms with E-state index in [1.807, 2.05) is 37.0 Å². The summed E-state index contributed by atoms with van der Waals surface area (Å²) < 4.78 is 4.78. The number of carbonyl (C=O) groups excluding carboxylic acids is 1. The largest absolute Gasteiger partial charge is 0.465 e. The van der Waals surface area contributed by atoms with Gasteiger partial charge in [0.25, 0.3) is 0 Å². The molecule has 17 heavy (non-hydrogen) atoms. The predicted molar refractivity (Wildman–Crippen MR) is 74.1 cm³/mol. The molecule has 0 bridgehead atoms. The number of ether oxygens (including phenoxy) is 1. The first-order valence-electron chi connectivity index (χ1n) is 5.58. The summed E-state index contributed by atoms with van der Waals surface area (Å²) in [4.78, 5) is 13.7. The monoisotopic (exact) mass is 253 g/mol. The Bertz CT molecular complexity index is 368. The van der Waals surface area contributed by atoms with E-state index in [1.165, 1.54) is 7.11 Å². The minimum atomic E-state index is -0.280. The standard InChI is InChI=1S/C13H19NO2S/c1-14(9-6-10-17-3)12-8-5-4-7-11(12)13(15)16-2/h4-5,7-8H,6,9-10H2,1-3H3. The molecule has 0 aliphatic rings. The predicted octanol–water partition coefficient (Wildman–Crippen LogP) is 2.66. The van der Waals surface area contributed by atoms with Gasteiger partial charge in [0.15, 0.2) is 0 Å². The van der Waals surface area contributed by atoms with Gasteiger partial charge in [0, 0.05) is 13.6 Å². The van der Waals surface area contributed by atoms with Crippen molar-refractivity contribution >= 4 is 23.4 Å². The van der Waals surface area contributed by atoms with E-state index in [-0.39, 0.29) is 5.97 Å². The number of carbonyl (C=O) groups is 1. The van der Waals surface area contributed by atoms with E-state index in [1.54, 1.807) is 6.07 Å². The van der Waals surface area contributed by atoms with Crippen LogP contribution in [0.3, 0.4) is 0 Å². The molecule has 0 aromatic heterocycles. The van der Waals surface area contributed by atoms with Gasteiger partial charge in [-0.05, 0) is 30.6 Å².